The molecule has 0 spiro atoms. The summed E-state index contributed by atoms with van der Waals surface area (Å²) in [5.41, 5.74) is 1.24. The highest BCUT2D eigenvalue weighted by atomic mass is 16.6. The third-order valence-corrected chi connectivity index (χ3v) is 3.38. The number of hydrogen-bond acceptors (Lipinski definition) is 6. The van der Waals surface area contributed by atoms with Crippen molar-refractivity contribution in [3.05, 3.63) is 76.6 Å². The van der Waals surface area contributed by atoms with Crippen LogP contribution in [-0.2, 0) is 17.9 Å². The van der Waals surface area contributed by atoms with Crippen LogP contribution in [0, 0.1) is 10.1 Å². The number of rotatable bonds is 7. The summed E-state index contributed by atoms with van der Waals surface area (Å²) in [6, 6.07) is 14.9. The lowest BCUT2D eigenvalue weighted by Crippen LogP contribution is -2.19. The Bertz CT molecular complexity index is 893. The largest absolute Gasteiger partial charge is 0.487 e. The lowest BCUT2D eigenvalue weighted by atomic mass is 10.3. The minimum absolute atomic E-state index is 0.00674. The number of benzene rings is 2. The van der Waals surface area contributed by atoms with Crippen molar-refractivity contribution in [3.63, 3.8) is 0 Å². The first-order chi connectivity index (χ1) is 12.6. The third-order valence-electron chi connectivity index (χ3n) is 3.38. The molecule has 0 fully saturated rings. The highest BCUT2D eigenvalue weighted by molar-refractivity contribution is 5.90. The van der Waals surface area contributed by atoms with Gasteiger partial charge in [-0.2, -0.15) is 0 Å². The van der Waals surface area contributed by atoms with E-state index in [2.05, 4.69) is 15.6 Å². The van der Waals surface area contributed by atoms with Gasteiger partial charge in [0.05, 0.1) is 11.1 Å². The smallest absolute Gasteiger partial charge is 0.269 e. The molecule has 0 saturated heterocycles. The van der Waals surface area contributed by atoms with Crippen molar-refractivity contribution < 1.29 is 14.5 Å². The number of nitrogens with one attached hydrogen (secondary N) is 1. The summed E-state index contributed by atoms with van der Waals surface area (Å²) >= 11 is 0. The fourth-order valence-electron chi connectivity index (χ4n) is 2.17. The molecule has 9 heteroatoms. The molecular formula is C17H15N5O4. The highest BCUT2D eigenvalue weighted by Gasteiger charge is 2.08. The zero-order valence-corrected chi connectivity index (χ0v) is 13.6. The predicted octanol–water partition coefficient (Wildman–Crippen LogP) is 2.40. The normalized spacial score (nSPS) is 10.3. The first-order valence-electron chi connectivity index (χ1n) is 7.71. The second-order valence-corrected chi connectivity index (χ2v) is 5.36. The van der Waals surface area contributed by atoms with Gasteiger partial charge in [-0.1, -0.05) is 23.4 Å². The van der Waals surface area contributed by atoms with E-state index in [1.165, 1.54) is 28.9 Å². The Kier molecular flexibility index (Phi) is 5.18. The molecule has 1 amide bonds. The zero-order chi connectivity index (χ0) is 18.4. The summed E-state index contributed by atoms with van der Waals surface area (Å²) < 4.78 is 6.91. The molecule has 132 valence electrons. The highest BCUT2D eigenvalue weighted by Crippen LogP contribution is 2.18. The van der Waals surface area contributed by atoms with E-state index < -0.39 is 4.92 Å². The van der Waals surface area contributed by atoms with Crippen LogP contribution in [0.25, 0.3) is 0 Å². The monoisotopic (exact) mass is 353 g/mol. The van der Waals surface area contributed by atoms with Gasteiger partial charge in [-0.15, -0.1) is 5.10 Å². The van der Waals surface area contributed by atoms with Crippen LogP contribution in [0.15, 0.2) is 60.8 Å². The Morgan fingerprint density at radius 1 is 1.15 bits per heavy atom. The first kappa shape index (κ1) is 17.1. The average Bonchev–Trinajstić information content (AvgIpc) is 3.08. The molecular weight excluding hydrogens is 338 g/mol. The molecule has 26 heavy (non-hydrogen) atoms. The van der Waals surface area contributed by atoms with Gasteiger partial charge in [0, 0.05) is 17.8 Å². The summed E-state index contributed by atoms with van der Waals surface area (Å²) in [6.07, 6.45) is 1.61. The van der Waals surface area contributed by atoms with Gasteiger partial charge in [-0.05, 0) is 24.3 Å². The number of nitro benzene ring substituents is 1. The Labute approximate surface area is 148 Å². The maximum absolute atomic E-state index is 12.0. The number of amides is 1. The van der Waals surface area contributed by atoms with E-state index in [1.807, 2.05) is 18.2 Å². The van der Waals surface area contributed by atoms with E-state index in [-0.39, 0.29) is 24.7 Å². The number of carbonyl (C=O) groups excluding carboxylic acids is 1. The van der Waals surface area contributed by atoms with Crippen LogP contribution in [0.4, 0.5) is 11.4 Å². The molecule has 0 aliphatic carbocycles. The fourth-order valence-corrected chi connectivity index (χ4v) is 2.17. The Balaban J connectivity index is 1.51. The zero-order valence-electron chi connectivity index (χ0n) is 13.6. The molecule has 2 aromatic carbocycles. The third kappa shape index (κ3) is 4.63. The van der Waals surface area contributed by atoms with Gasteiger partial charge in [-0.25, -0.2) is 4.68 Å². The second-order valence-electron chi connectivity index (χ2n) is 5.36. The van der Waals surface area contributed by atoms with E-state index in [0.717, 1.165) is 0 Å². The van der Waals surface area contributed by atoms with E-state index in [9.17, 15) is 14.9 Å². The van der Waals surface area contributed by atoms with Crippen molar-refractivity contribution in [2.75, 3.05) is 5.32 Å². The molecule has 0 aliphatic rings. The Morgan fingerprint density at radius 3 is 2.58 bits per heavy atom. The van der Waals surface area contributed by atoms with Gasteiger partial charge < -0.3 is 10.1 Å². The molecule has 9 nitrogen and oxygen atoms in total. The summed E-state index contributed by atoms with van der Waals surface area (Å²) in [5.74, 6) is 0.260. The van der Waals surface area contributed by atoms with Crippen LogP contribution < -0.4 is 10.1 Å². The molecule has 0 saturated carbocycles. The Hall–Kier alpha value is -3.75. The number of non-ortho nitro benzene ring substituents is 1. The Morgan fingerprint density at radius 2 is 1.88 bits per heavy atom. The topological polar surface area (TPSA) is 112 Å². The molecule has 0 unspecified atom stereocenters. The lowest BCUT2D eigenvalue weighted by Gasteiger charge is -2.04. The number of nitrogens with zero attached hydrogens (tertiary/aromatic N) is 4. The number of anilines is 1. The predicted molar refractivity (Wildman–Crippen MR) is 92.5 cm³/mol. The van der Waals surface area contributed by atoms with Crippen molar-refractivity contribution in [2.24, 2.45) is 0 Å². The van der Waals surface area contributed by atoms with Crippen LogP contribution >= 0.6 is 0 Å². The van der Waals surface area contributed by atoms with Gasteiger partial charge in [-0.3, -0.25) is 14.9 Å². The molecule has 0 atom stereocenters. The van der Waals surface area contributed by atoms with Crippen molar-refractivity contribution in [3.8, 4) is 5.75 Å². The molecule has 3 rings (SSSR count). The van der Waals surface area contributed by atoms with Crippen molar-refractivity contribution in [1.82, 2.24) is 15.0 Å². The average molecular weight is 353 g/mol. The summed E-state index contributed by atoms with van der Waals surface area (Å²) in [7, 11) is 0. The van der Waals surface area contributed by atoms with Crippen molar-refractivity contribution >= 4 is 17.3 Å². The van der Waals surface area contributed by atoms with E-state index in [1.54, 1.807) is 18.3 Å². The number of aromatic nitrogens is 3. The molecule has 3 aromatic rings. The number of carbonyl (C=O) groups is 1. The van der Waals surface area contributed by atoms with E-state index >= 15 is 0 Å². The molecule has 1 aromatic heterocycles. The molecule has 0 aliphatic heterocycles. The quantitative estimate of drug-likeness (QED) is 0.515. The number of ether oxygens (including phenoxy) is 1. The maximum Gasteiger partial charge on any atom is 0.269 e. The van der Waals surface area contributed by atoms with Gasteiger partial charge >= 0.3 is 0 Å². The SMILES string of the molecule is O=C(Cn1cc(COc2ccc([N+](=O)[O-])cc2)nn1)Nc1ccccc1. The fraction of sp³-hybridized carbons (Fsp3) is 0.118. The number of para-hydroxylation sites is 1. The van der Waals surface area contributed by atoms with Gasteiger partial charge in [0.25, 0.3) is 5.69 Å². The second kappa shape index (κ2) is 7.88. The minimum atomic E-state index is -0.476. The van der Waals surface area contributed by atoms with Gasteiger partial charge in [0.2, 0.25) is 5.91 Å². The molecule has 1 N–H and O–H groups in total. The van der Waals surface area contributed by atoms with Crippen LogP contribution in [0.5, 0.6) is 5.75 Å². The standard InChI is InChI=1S/C17H15N5O4/c23-17(18-13-4-2-1-3-5-13)11-21-10-14(19-20-21)12-26-16-8-6-15(7-9-16)22(24)25/h1-10H,11-12H2,(H,18,23). The van der Waals surface area contributed by atoms with Crippen LogP contribution in [0.3, 0.4) is 0 Å². The van der Waals surface area contributed by atoms with Crippen LogP contribution in [0.2, 0.25) is 0 Å². The summed E-state index contributed by atoms with van der Waals surface area (Å²) in [5, 5.41) is 21.2. The molecule has 0 bridgehead atoms. The number of nitro groups is 1. The maximum atomic E-state index is 12.0. The van der Waals surface area contributed by atoms with E-state index in [0.29, 0.717) is 17.1 Å². The number of hydrogen-bond donors (Lipinski definition) is 1. The van der Waals surface area contributed by atoms with Crippen LogP contribution in [0.1, 0.15) is 5.69 Å². The first-order valence-corrected chi connectivity index (χ1v) is 7.71. The summed E-state index contributed by atoms with van der Waals surface area (Å²) in [6.45, 7) is 0.164. The molecule has 1 heterocycles. The van der Waals surface area contributed by atoms with Gasteiger partial charge in [0.1, 0.15) is 24.6 Å². The minimum Gasteiger partial charge on any atom is -0.487 e. The van der Waals surface area contributed by atoms with Crippen molar-refractivity contribution in [2.45, 2.75) is 13.2 Å². The summed E-state index contributed by atoms with van der Waals surface area (Å²) in [4.78, 5) is 22.1. The van der Waals surface area contributed by atoms with Gasteiger partial charge in [0.15, 0.2) is 0 Å². The van der Waals surface area contributed by atoms with E-state index in [4.69, 9.17) is 4.74 Å². The van der Waals surface area contributed by atoms with Crippen LogP contribution in [-0.4, -0.2) is 25.8 Å². The lowest BCUT2D eigenvalue weighted by molar-refractivity contribution is -0.384. The molecule has 0 radical (unpaired) electrons. The van der Waals surface area contributed by atoms with Crippen molar-refractivity contribution in [1.29, 1.82) is 0 Å².